The maximum Gasteiger partial charge on any atom is 0.267 e. The number of phosphoric ester groups is 1. The Bertz CT molecular complexity index is 680. The van der Waals surface area contributed by atoms with E-state index in [1.807, 2.05) is 12.4 Å². The lowest BCUT2D eigenvalue weighted by atomic mass is 10.1. The molecular formula is C28H52NO4PS. The number of phosphoric acid groups is 1. The van der Waals surface area contributed by atoms with Crippen molar-refractivity contribution in [3.05, 3.63) is 28.2 Å². The fourth-order valence-electron chi connectivity index (χ4n) is 4.12. The van der Waals surface area contributed by atoms with Gasteiger partial charge in [0.2, 0.25) is 5.51 Å². The summed E-state index contributed by atoms with van der Waals surface area (Å²) in [5, 5.41) is 0. The monoisotopic (exact) mass is 529 g/mol. The molecule has 1 atom stereocenters. The molecule has 0 saturated carbocycles. The van der Waals surface area contributed by atoms with Crippen molar-refractivity contribution >= 4 is 19.2 Å². The van der Waals surface area contributed by atoms with E-state index in [1.165, 1.54) is 96.3 Å². The Labute approximate surface area is 219 Å². The van der Waals surface area contributed by atoms with Crippen LogP contribution in [0.2, 0.25) is 0 Å². The number of aromatic nitrogens is 1. The van der Waals surface area contributed by atoms with Crippen LogP contribution in [0.5, 0.6) is 0 Å². The van der Waals surface area contributed by atoms with Gasteiger partial charge in [-0.05, 0) is 32.1 Å². The third-order valence-corrected chi connectivity index (χ3v) is 8.41. The number of allylic oxidation sites excluding steroid dienone is 2. The van der Waals surface area contributed by atoms with Crippen LogP contribution in [0.25, 0.3) is 0 Å². The van der Waals surface area contributed by atoms with E-state index in [1.54, 1.807) is 11.3 Å². The third kappa shape index (κ3) is 20.2. The Kier molecular flexibility index (Phi) is 21.0. The van der Waals surface area contributed by atoms with Gasteiger partial charge in [-0.25, -0.2) is 4.98 Å². The van der Waals surface area contributed by atoms with Gasteiger partial charge in [-0.15, -0.1) is 0 Å². The Morgan fingerprint density at radius 3 is 1.80 bits per heavy atom. The number of unbranched alkanes of at least 4 members (excludes halogenated alkanes) is 16. The molecule has 0 bridgehead atoms. The van der Waals surface area contributed by atoms with Gasteiger partial charge in [0.25, 0.3) is 7.82 Å². The lowest BCUT2D eigenvalue weighted by molar-refractivity contribution is -0.380. The summed E-state index contributed by atoms with van der Waals surface area (Å²) in [6.07, 6.45) is 28.3. The summed E-state index contributed by atoms with van der Waals surface area (Å²) in [6.45, 7) is 4.59. The quantitative estimate of drug-likeness (QED) is 0.0723. The molecule has 1 aromatic rings. The van der Waals surface area contributed by atoms with E-state index >= 15 is 0 Å². The highest BCUT2D eigenvalue weighted by molar-refractivity contribution is 7.45. The summed E-state index contributed by atoms with van der Waals surface area (Å²) in [6, 6.07) is 0. The lowest BCUT2D eigenvalue weighted by Crippen LogP contribution is -2.11. The van der Waals surface area contributed by atoms with Crippen LogP contribution in [0.3, 0.4) is 0 Å². The zero-order chi connectivity index (χ0) is 25.5. The molecule has 0 amide bonds. The number of H-pyrrole nitrogens is 1. The molecule has 0 fully saturated rings. The third-order valence-electron chi connectivity index (χ3n) is 6.38. The average molecular weight is 530 g/mol. The molecule has 0 aliphatic heterocycles. The predicted molar refractivity (Wildman–Crippen MR) is 147 cm³/mol. The van der Waals surface area contributed by atoms with Crippen LogP contribution in [0.1, 0.15) is 133 Å². The Morgan fingerprint density at radius 2 is 1.29 bits per heavy atom. The number of nitrogens with one attached hydrogen (secondary N) is 1. The first-order chi connectivity index (χ1) is 17.0. The molecule has 1 N–H and O–H groups in total. The molecule has 0 aliphatic carbocycles. The number of hydrogen-bond donors (Lipinski definition) is 0. The van der Waals surface area contributed by atoms with Crippen LogP contribution in [-0.4, -0.2) is 13.2 Å². The van der Waals surface area contributed by atoms with E-state index in [0.29, 0.717) is 6.42 Å². The highest BCUT2D eigenvalue weighted by atomic mass is 32.1. The first-order valence-electron chi connectivity index (χ1n) is 14.2. The molecule has 0 aromatic carbocycles. The smallest absolute Gasteiger partial charge is 0.267 e. The maximum atomic E-state index is 11.8. The van der Waals surface area contributed by atoms with Gasteiger partial charge in [0.1, 0.15) is 0 Å². The second kappa shape index (κ2) is 22.7. The van der Waals surface area contributed by atoms with Crippen molar-refractivity contribution in [1.82, 2.24) is 0 Å². The van der Waals surface area contributed by atoms with Crippen molar-refractivity contribution in [2.24, 2.45) is 0 Å². The van der Waals surface area contributed by atoms with Crippen molar-refractivity contribution in [2.75, 3.05) is 13.2 Å². The van der Waals surface area contributed by atoms with E-state index in [-0.39, 0.29) is 13.2 Å². The molecule has 7 heteroatoms. The summed E-state index contributed by atoms with van der Waals surface area (Å²) in [5.74, 6) is 0. The van der Waals surface area contributed by atoms with Gasteiger partial charge >= 0.3 is 0 Å². The summed E-state index contributed by atoms with van der Waals surface area (Å²) in [5.41, 5.74) is 2.94. The van der Waals surface area contributed by atoms with Crippen LogP contribution in [0.15, 0.2) is 17.7 Å². The van der Waals surface area contributed by atoms with E-state index in [2.05, 4.69) is 24.1 Å². The second-order valence-electron chi connectivity index (χ2n) is 9.64. The number of aromatic amines is 1. The standard InChI is InChI=1S/C28H52NO4PS/c1-3-4-5-6-7-8-9-10-11-12-13-14-15-16-17-18-19-20-21-22-24-32-34(30,31)33-25-23-28-27(2)29-26-35-28/h10-11,26H,3-9,12-25H2,1-2H3,(H,30,31)/b11-10-. The van der Waals surface area contributed by atoms with Gasteiger partial charge in [-0.1, -0.05) is 114 Å². The fraction of sp³-hybridized carbons (Fsp3) is 0.821. The SMILES string of the molecule is CCCCCCCC/C=C\CCCCCCCCCCCCOP(=O)([O-])OCCc1sc[nH+]c1C. The van der Waals surface area contributed by atoms with Gasteiger partial charge in [-0.2, -0.15) is 0 Å². The van der Waals surface area contributed by atoms with Gasteiger partial charge in [0, 0.05) is 13.3 Å². The van der Waals surface area contributed by atoms with Crippen molar-refractivity contribution in [2.45, 2.75) is 136 Å². The summed E-state index contributed by atoms with van der Waals surface area (Å²) >= 11 is 1.57. The van der Waals surface area contributed by atoms with Crippen molar-refractivity contribution in [1.29, 1.82) is 0 Å². The van der Waals surface area contributed by atoms with Gasteiger partial charge < -0.3 is 13.9 Å². The zero-order valence-electron chi connectivity index (χ0n) is 22.6. The first-order valence-corrected chi connectivity index (χ1v) is 16.6. The normalized spacial score (nSPS) is 13.6. The lowest BCUT2D eigenvalue weighted by Gasteiger charge is -2.22. The molecule has 0 saturated heterocycles. The second-order valence-corrected chi connectivity index (χ2v) is 12.0. The summed E-state index contributed by atoms with van der Waals surface area (Å²) < 4.78 is 21.8. The zero-order valence-corrected chi connectivity index (χ0v) is 24.3. The molecule has 0 aliphatic rings. The molecule has 1 unspecified atom stereocenters. The van der Waals surface area contributed by atoms with Crippen molar-refractivity contribution in [3.8, 4) is 0 Å². The Hall–Kier alpha value is -0.520. The number of aryl methyl sites for hydroxylation is 1. The number of rotatable bonds is 25. The van der Waals surface area contributed by atoms with Gasteiger partial charge in [0.05, 0.1) is 18.1 Å². The fourth-order valence-corrected chi connectivity index (χ4v) is 5.68. The minimum Gasteiger partial charge on any atom is -0.756 e. The summed E-state index contributed by atoms with van der Waals surface area (Å²) in [7, 11) is -4.18. The predicted octanol–water partition coefficient (Wildman–Crippen LogP) is 8.51. The van der Waals surface area contributed by atoms with Crippen LogP contribution in [-0.2, 0) is 20.0 Å². The van der Waals surface area contributed by atoms with E-state index in [9.17, 15) is 9.46 Å². The largest absolute Gasteiger partial charge is 0.756 e. The Morgan fingerprint density at radius 1 is 0.800 bits per heavy atom. The van der Waals surface area contributed by atoms with Crippen molar-refractivity contribution in [3.63, 3.8) is 0 Å². The first kappa shape index (κ1) is 32.5. The number of thiazole rings is 1. The Balaban J connectivity index is 1.79. The molecule has 204 valence electrons. The van der Waals surface area contributed by atoms with E-state index < -0.39 is 7.82 Å². The van der Waals surface area contributed by atoms with Crippen LogP contribution in [0.4, 0.5) is 0 Å². The highest BCUT2D eigenvalue weighted by Crippen LogP contribution is 2.38. The molecule has 0 spiro atoms. The molecule has 1 heterocycles. The summed E-state index contributed by atoms with van der Waals surface area (Å²) in [4.78, 5) is 16.0. The topological polar surface area (TPSA) is 72.7 Å². The number of hydrogen-bond acceptors (Lipinski definition) is 5. The van der Waals surface area contributed by atoms with Crippen LogP contribution in [0, 0.1) is 6.92 Å². The maximum absolute atomic E-state index is 11.8. The van der Waals surface area contributed by atoms with E-state index in [4.69, 9.17) is 9.05 Å². The molecular weight excluding hydrogens is 477 g/mol. The molecule has 35 heavy (non-hydrogen) atoms. The van der Waals surface area contributed by atoms with Gasteiger partial charge in [0.15, 0.2) is 5.69 Å². The van der Waals surface area contributed by atoms with Crippen LogP contribution >= 0.6 is 19.2 Å². The van der Waals surface area contributed by atoms with E-state index in [0.717, 1.165) is 29.8 Å². The molecule has 5 nitrogen and oxygen atoms in total. The minimum atomic E-state index is -4.18. The van der Waals surface area contributed by atoms with Gasteiger partial charge in [-0.3, -0.25) is 4.57 Å². The highest BCUT2D eigenvalue weighted by Gasteiger charge is 2.12. The average Bonchev–Trinajstić information content (AvgIpc) is 3.24. The van der Waals surface area contributed by atoms with Crippen LogP contribution < -0.4 is 9.88 Å². The molecule has 1 aromatic heterocycles. The molecule has 1 rings (SSSR count). The minimum absolute atomic E-state index is 0.131. The van der Waals surface area contributed by atoms with Crippen molar-refractivity contribution < 1.29 is 23.5 Å². The molecule has 0 radical (unpaired) electrons.